The molecule has 0 aliphatic carbocycles. The number of aliphatic imine (C=N–C) groups is 1. The molecule has 2 amide bonds. The first-order valence-corrected chi connectivity index (χ1v) is 13.6. The largest absolute Gasteiger partial charge is 0.457 e. The van der Waals surface area contributed by atoms with Gasteiger partial charge in [-0.15, -0.1) is 23.1 Å². The minimum absolute atomic E-state index is 0.0304. The molecule has 0 saturated carbocycles. The SMILES string of the molecule is C=CCOC(=O)C1=C(N=C(CCC)N2CCOCC2)CS[C@@H]2[C@H](N(C(C)=O)c3cccs3)C(=O)N12. The zero-order valence-corrected chi connectivity index (χ0v) is 21.6. The Morgan fingerprint density at radius 3 is 2.77 bits per heavy atom. The lowest BCUT2D eigenvalue weighted by Crippen LogP contribution is -2.71. The fourth-order valence-corrected chi connectivity index (χ4v) is 6.46. The maximum atomic E-state index is 13.5. The summed E-state index contributed by atoms with van der Waals surface area (Å²) >= 11 is 2.91. The molecule has 1 aromatic rings. The Kier molecular flexibility index (Phi) is 8.30. The number of thiophene rings is 1. The second-order valence-corrected chi connectivity index (χ2v) is 10.3. The zero-order valence-electron chi connectivity index (χ0n) is 20.0. The fraction of sp³-hybridized carbons (Fsp3) is 0.500. The number of hydrogen-bond acceptors (Lipinski definition) is 8. The predicted molar refractivity (Wildman–Crippen MR) is 137 cm³/mol. The maximum absolute atomic E-state index is 13.5. The number of anilines is 1. The van der Waals surface area contributed by atoms with Crippen molar-refractivity contribution in [3.8, 4) is 0 Å². The number of morpholine rings is 1. The molecule has 1 aromatic heterocycles. The molecule has 3 aliphatic rings. The first kappa shape index (κ1) is 25.5. The molecule has 11 heteroatoms. The van der Waals surface area contributed by atoms with Crippen LogP contribution in [0.4, 0.5) is 5.00 Å². The van der Waals surface area contributed by atoms with E-state index in [2.05, 4.69) is 18.4 Å². The van der Waals surface area contributed by atoms with Crippen LogP contribution < -0.4 is 4.90 Å². The summed E-state index contributed by atoms with van der Waals surface area (Å²) in [6.45, 7) is 9.90. The second-order valence-electron chi connectivity index (χ2n) is 8.25. The number of carbonyl (C=O) groups is 3. The van der Waals surface area contributed by atoms with Gasteiger partial charge in [-0.3, -0.25) is 19.4 Å². The lowest BCUT2D eigenvalue weighted by atomic mass is 10.0. The Balaban J connectivity index is 1.70. The van der Waals surface area contributed by atoms with Crippen molar-refractivity contribution in [3.05, 3.63) is 41.6 Å². The van der Waals surface area contributed by atoms with Crippen LogP contribution in [0.25, 0.3) is 0 Å². The van der Waals surface area contributed by atoms with Gasteiger partial charge in [-0.2, -0.15) is 0 Å². The smallest absolute Gasteiger partial charge is 0.357 e. The van der Waals surface area contributed by atoms with Crippen LogP contribution in [0.5, 0.6) is 0 Å². The van der Waals surface area contributed by atoms with Crippen molar-refractivity contribution < 1.29 is 23.9 Å². The highest BCUT2D eigenvalue weighted by molar-refractivity contribution is 8.00. The topological polar surface area (TPSA) is 91.7 Å². The summed E-state index contributed by atoms with van der Waals surface area (Å²) in [6.07, 6.45) is 3.13. The van der Waals surface area contributed by atoms with Gasteiger partial charge < -0.3 is 14.4 Å². The molecular formula is C24H30N4O5S2. The highest BCUT2D eigenvalue weighted by Crippen LogP contribution is 2.44. The molecule has 0 bridgehead atoms. The van der Waals surface area contributed by atoms with E-state index in [1.54, 1.807) is 0 Å². The normalized spacial score (nSPS) is 22.5. The van der Waals surface area contributed by atoms with E-state index in [1.807, 2.05) is 17.5 Å². The summed E-state index contributed by atoms with van der Waals surface area (Å²) in [5.74, 6) is 0.174. The molecule has 4 heterocycles. The van der Waals surface area contributed by atoms with Crippen LogP contribution in [0.2, 0.25) is 0 Å². The standard InChI is InChI=1S/C24H30N4O5S2/c1-4-7-18(26-9-12-32-13-10-26)25-17-15-35-23-21(27(16(3)29)19-8-6-14-34-19)22(30)28(23)20(17)24(31)33-11-5-2/h5-6,8,14,21,23H,2,4,7,9-13,15H2,1,3H3/t21-,23-/m1/s1. The molecule has 35 heavy (non-hydrogen) atoms. The summed E-state index contributed by atoms with van der Waals surface area (Å²) in [5, 5.41) is 2.18. The van der Waals surface area contributed by atoms with E-state index >= 15 is 0 Å². The molecule has 0 aromatic carbocycles. The molecule has 0 unspecified atom stereocenters. The predicted octanol–water partition coefficient (Wildman–Crippen LogP) is 2.86. The summed E-state index contributed by atoms with van der Waals surface area (Å²) in [4.78, 5) is 49.2. The number of amidine groups is 1. The number of hydrogen-bond donors (Lipinski definition) is 0. The summed E-state index contributed by atoms with van der Waals surface area (Å²) in [7, 11) is 0. The lowest BCUT2D eigenvalue weighted by Gasteiger charge is -2.52. The number of esters is 1. The highest BCUT2D eigenvalue weighted by atomic mass is 32.2. The van der Waals surface area contributed by atoms with Gasteiger partial charge in [-0.05, 0) is 23.9 Å². The van der Waals surface area contributed by atoms with E-state index < -0.39 is 17.4 Å². The minimum Gasteiger partial charge on any atom is -0.457 e. The Hall–Kier alpha value is -2.63. The van der Waals surface area contributed by atoms with Crippen molar-refractivity contribution in [2.75, 3.05) is 43.6 Å². The van der Waals surface area contributed by atoms with Crippen LogP contribution >= 0.6 is 23.1 Å². The van der Waals surface area contributed by atoms with Crippen LogP contribution in [0.15, 0.2) is 46.6 Å². The molecule has 188 valence electrons. The van der Waals surface area contributed by atoms with E-state index in [0.717, 1.165) is 31.8 Å². The van der Waals surface area contributed by atoms with Crippen molar-refractivity contribution in [2.24, 2.45) is 4.99 Å². The van der Waals surface area contributed by atoms with Crippen molar-refractivity contribution >= 4 is 51.7 Å². The number of amides is 2. The minimum atomic E-state index is -0.682. The van der Waals surface area contributed by atoms with E-state index in [4.69, 9.17) is 14.5 Å². The van der Waals surface area contributed by atoms with Gasteiger partial charge in [0.1, 0.15) is 23.9 Å². The molecule has 0 radical (unpaired) electrons. The Morgan fingerprint density at radius 2 is 2.14 bits per heavy atom. The first-order valence-electron chi connectivity index (χ1n) is 11.7. The van der Waals surface area contributed by atoms with Crippen molar-refractivity contribution in [2.45, 2.75) is 38.1 Å². The monoisotopic (exact) mass is 518 g/mol. The van der Waals surface area contributed by atoms with Gasteiger partial charge in [0.05, 0.1) is 23.9 Å². The van der Waals surface area contributed by atoms with Crippen LogP contribution in [-0.2, 0) is 23.9 Å². The molecular weight excluding hydrogens is 488 g/mol. The Morgan fingerprint density at radius 1 is 1.37 bits per heavy atom. The number of fused-ring (bicyclic) bond motifs is 1. The third-order valence-corrected chi connectivity index (χ3v) is 8.04. The third kappa shape index (κ3) is 5.17. The average Bonchev–Trinajstić information content (AvgIpc) is 3.39. The maximum Gasteiger partial charge on any atom is 0.357 e. The molecule has 3 aliphatic heterocycles. The van der Waals surface area contributed by atoms with Gasteiger partial charge in [0.25, 0.3) is 5.91 Å². The number of carbonyl (C=O) groups excluding carboxylic acids is 3. The van der Waals surface area contributed by atoms with E-state index in [9.17, 15) is 14.4 Å². The van der Waals surface area contributed by atoms with E-state index in [1.165, 1.54) is 45.9 Å². The number of rotatable bonds is 8. The van der Waals surface area contributed by atoms with Gasteiger partial charge in [0.2, 0.25) is 5.91 Å². The molecule has 0 spiro atoms. The molecule has 9 nitrogen and oxygen atoms in total. The quantitative estimate of drug-likeness (QED) is 0.172. The van der Waals surface area contributed by atoms with Crippen LogP contribution in [0, 0.1) is 0 Å². The number of β-lactam (4-membered cyclic amide) rings is 1. The van der Waals surface area contributed by atoms with Gasteiger partial charge in [-0.1, -0.05) is 19.6 Å². The molecule has 0 N–H and O–H groups in total. The van der Waals surface area contributed by atoms with Crippen LogP contribution in [0.1, 0.15) is 26.7 Å². The van der Waals surface area contributed by atoms with Gasteiger partial charge in [0, 0.05) is 32.2 Å². The van der Waals surface area contributed by atoms with Gasteiger partial charge >= 0.3 is 5.97 Å². The first-order chi connectivity index (χ1) is 17.0. The third-order valence-electron chi connectivity index (χ3n) is 5.92. The molecule has 2 saturated heterocycles. The fourth-order valence-electron chi connectivity index (χ4n) is 4.35. The average molecular weight is 519 g/mol. The van der Waals surface area contributed by atoms with Crippen LogP contribution in [0.3, 0.4) is 0 Å². The van der Waals surface area contributed by atoms with E-state index in [0.29, 0.717) is 29.7 Å². The number of thioether (sulfide) groups is 1. The van der Waals surface area contributed by atoms with Crippen LogP contribution in [-0.4, -0.2) is 83.5 Å². The lowest BCUT2D eigenvalue weighted by molar-refractivity contribution is -0.151. The Labute approximate surface area is 213 Å². The zero-order chi connectivity index (χ0) is 24.9. The van der Waals surface area contributed by atoms with Crippen molar-refractivity contribution in [1.82, 2.24) is 9.80 Å². The van der Waals surface area contributed by atoms with E-state index in [-0.39, 0.29) is 24.1 Å². The summed E-state index contributed by atoms with van der Waals surface area (Å²) in [6, 6.07) is 2.98. The Bertz CT molecular complexity index is 1030. The number of ether oxygens (including phenoxy) is 2. The molecule has 2 fully saturated rings. The number of nitrogens with zero attached hydrogens (tertiary/aromatic N) is 4. The molecule has 2 atom stereocenters. The van der Waals surface area contributed by atoms with Crippen molar-refractivity contribution in [3.63, 3.8) is 0 Å². The van der Waals surface area contributed by atoms with Gasteiger partial charge in [-0.25, -0.2) is 9.79 Å². The summed E-state index contributed by atoms with van der Waals surface area (Å²) < 4.78 is 10.8. The van der Waals surface area contributed by atoms with Crippen molar-refractivity contribution in [1.29, 1.82) is 0 Å². The molecule has 4 rings (SSSR count). The second kappa shape index (κ2) is 11.4. The van der Waals surface area contributed by atoms with Gasteiger partial charge in [0.15, 0.2) is 5.70 Å². The highest BCUT2D eigenvalue weighted by Gasteiger charge is 2.57. The summed E-state index contributed by atoms with van der Waals surface area (Å²) in [5.41, 5.74) is 0.681.